The van der Waals surface area contributed by atoms with Gasteiger partial charge in [-0.05, 0) is 46.1 Å². The summed E-state index contributed by atoms with van der Waals surface area (Å²) in [6, 6.07) is 6.24. The van der Waals surface area contributed by atoms with Gasteiger partial charge < -0.3 is 10.2 Å². The van der Waals surface area contributed by atoms with Crippen LogP contribution < -0.4 is 5.32 Å². The Hall–Kier alpha value is -1.90. The second-order valence-electron chi connectivity index (χ2n) is 7.38. The summed E-state index contributed by atoms with van der Waals surface area (Å²) < 4.78 is 28.6. The summed E-state index contributed by atoms with van der Waals surface area (Å²) >= 11 is 6.02. The van der Waals surface area contributed by atoms with E-state index in [1.165, 1.54) is 12.1 Å². The number of aliphatic imine (C=N–C) groups is 1. The maximum absolute atomic E-state index is 13.4. The molecule has 1 atom stereocenters. The predicted octanol–water partition coefficient (Wildman–Crippen LogP) is 3.18. The van der Waals surface area contributed by atoms with Crippen molar-refractivity contribution in [3.05, 3.63) is 29.3 Å². The summed E-state index contributed by atoms with van der Waals surface area (Å²) in [5, 5.41) is 7.87. The normalized spacial score (nSPS) is 19.7. The molecule has 1 unspecified atom stereocenters. The Morgan fingerprint density at radius 1 is 1.37 bits per heavy atom. The number of nitrogens with zero attached hydrogens (tertiary/aromatic N) is 4. The Morgan fingerprint density at radius 3 is 2.67 bits per heavy atom. The largest absolute Gasteiger partial charge is 0.371 e. The van der Waals surface area contributed by atoms with Gasteiger partial charge in [0.15, 0.2) is 16.5 Å². The first-order valence-electron chi connectivity index (χ1n) is 8.59. The van der Waals surface area contributed by atoms with E-state index < -0.39 is 15.4 Å². The van der Waals surface area contributed by atoms with Gasteiger partial charge >= 0.3 is 0 Å². The molecule has 1 N–H and O–H groups in total. The molecule has 0 fully saturated rings. The van der Waals surface area contributed by atoms with Gasteiger partial charge in [-0.2, -0.15) is 5.10 Å². The molecule has 27 heavy (non-hydrogen) atoms. The van der Waals surface area contributed by atoms with Gasteiger partial charge in [-0.25, -0.2) is 18.1 Å². The molecule has 0 bridgehead atoms. The highest BCUT2D eigenvalue weighted by atomic mass is 35.5. The van der Waals surface area contributed by atoms with E-state index in [1.54, 1.807) is 23.9 Å². The van der Waals surface area contributed by atoms with Crippen molar-refractivity contribution < 1.29 is 8.42 Å². The Balaban J connectivity index is 2.28. The fourth-order valence-corrected chi connectivity index (χ4v) is 5.48. The van der Waals surface area contributed by atoms with Crippen molar-refractivity contribution in [2.24, 2.45) is 4.99 Å². The molecular formula is C18H24ClN5O2S. The molecule has 9 heteroatoms. The van der Waals surface area contributed by atoms with Crippen molar-refractivity contribution in [1.82, 2.24) is 14.7 Å². The highest BCUT2D eigenvalue weighted by Crippen LogP contribution is 2.42. The summed E-state index contributed by atoms with van der Waals surface area (Å²) in [6.45, 7) is 4.69. The second-order valence-corrected chi connectivity index (χ2v) is 9.71. The molecule has 0 aliphatic carbocycles. The van der Waals surface area contributed by atoms with Crippen LogP contribution in [0, 0.1) is 0 Å². The minimum Gasteiger partial charge on any atom is -0.371 e. The summed E-state index contributed by atoms with van der Waals surface area (Å²) in [4.78, 5) is 6.84. The quantitative estimate of drug-likeness (QED) is 0.820. The first-order chi connectivity index (χ1) is 12.6. The summed E-state index contributed by atoms with van der Waals surface area (Å²) in [7, 11) is 1.77. The van der Waals surface area contributed by atoms with Gasteiger partial charge in [0.05, 0.1) is 10.4 Å². The number of anilines is 1. The minimum absolute atomic E-state index is 0.0799. The van der Waals surface area contributed by atoms with Gasteiger partial charge in [0.25, 0.3) is 0 Å². The molecule has 1 aliphatic heterocycles. The standard InChI is InChI=1S/C18H24ClN5O2S/c1-12-10-18(2,11-23(4)5)24-17(21-12)15(16(20-3)22-24)27(25,26)14-8-6-7-13(19)9-14/h6-9H,10-11H2,1-5H3,(H,20,22). The van der Waals surface area contributed by atoms with Gasteiger partial charge in [-0.15, -0.1) is 0 Å². The molecule has 0 radical (unpaired) electrons. The number of sulfone groups is 1. The monoisotopic (exact) mass is 409 g/mol. The number of hydrogen-bond donors (Lipinski definition) is 1. The van der Waals surface area contributed by atoms with Crippen molar-refractivity contribution in [2.45, 2.75) is 35.6 Å². The van der Waals surface area contributed by atoms with E-state index >= 15 is 0 Å². The summed E-state index contributed by atoms with van der Waals surface area (Å²) in [5.74, 6) is 0.640. The van der Waals surface area contributed by atoms with Gasteiger partial charge in [0.2, 0.25) is 9.84 Å². The molecule has 1 aromatic carbocycles. The zero-order valence-corrected chi connectivity index (χ0v) is 17.7. The second kappa shape index (κ2) is 6.92. The molecule has 2 aromatic rings. The van der Waals surface area contributed by atoms with E-state index in [4.69, 9.17) is 11.6 Å². The third-order valence-corrected chi connectivity index (χ3v) is 6.56. The van der Waals surface area contributed by atoms with Gasteiger partial charge in [0.1, 0.15) is 0 Å². The van der Waals surface area contributed by atoms with Crippen LogP contribution >= 0.6 is 11.6 Å². The number of aromatic nitrogens is 2. The van der Waals surface area contributed by atoms with E-state index in [-0.39, 0.29) is 15.6 Å². The lowest BCUT2D eigenvalue weighted by molar-refractivity contribution is 0.207. The maximum atomic E-state index is 13.4. The van der Waals surface area contributed by atoms with Crippen molar-refractivity contribution in [3.8, 4) is 0 Å². The fraction of sp³-hybridized carbons (Fsp3) is 0.444. The van der Waals surface area contributed by atoms with Crippen LogP contribution in [0.3, 0.4) is 0 Å². The fourth-order valence-electron chi connectivity index (χ4n) is 3.68. The molecule has 0 spiro atoms. The van der Waals surface area contributed by atoms with Gasteiger partial charge in [-0.1, -0.05) is 17.7 Å². The highest BCUT2D eigenvalue weighted by Gasteiger charge is 2.40. The lowest BCUT2D eigenvalue weighted by Crippen LogP contribution is -2.44. The molecule has 2 heterocycles. The number of halogens is 1. The maximum Gasteiger partial charge on any atom is 0.214 e. The van der Waals surface area contributed by atoms with Crippen LogP contribution in [0.5, 0.6) is 0 Å². The molecule has 0 saturated heterocycles. The molecule has 0 amide bonds. The van der Waals surface area contributed by atoms with Gasteiger partial charge in [-0.3, -0.25) is 0 Å². The molecule has 1 aliphatic rings. The minimum atomic E-state index is -3.86. The van der Waals surface area contributed by atoms with Crippen molar-refractivity contribution in [3.63, 3.8) is 0 Å². The molecular weight excluding hydrogens is 386 g/mol. The average Bonchev–Trinajstić information content (AvgIpc) is 2.93. The molecule has 0 saturated carbocycles. The Morgan fingerprint density at radius 2 is 2.07 bits per heavy atom. The van der Waals surface area contributed by atoms with E-state index in [2.05, 4.69) is 27.2 Å². The smallest absolute Gasteiger partial charge is 0.214 e. The van der Waals surface area contributed by atoms with Crippen molar-refractivity contribution >= 4 is 38.8 Å². The summed E-state index contributed by atoms with van der Waals surface area (Å²) in [5.41, 5.74) is 0.468. The Labute approximate surface area is 165 Å². The van der Waals surface area contributed by atoms with Crippen molar-refractivity contribution in [2.75, 3.05) is 33.0 Å². The topological polar surface area (TPSA) is 79.6 Å². The number of likely N-dealkylation sites (N-methyl/N-ethyl adjacent to an activating group) is 1. The van der Waals surface area contributed by atoms with Crippen LogP contribution in [0.15, 0.2) is 39.0 Å². The number of fused-ring (bicyclic) bond motifs is 1. The van der Waals surface area contributed by atoms with Crippen LogP contribution in [0.1, 0.15) is 20.3 Å². The first kappa shape index (κ1) is 19.9. The lowest BCUT2D eigenvalue weighted by atomic mass is 9.93. The number of benzene rings is 1. The molecule has 3 rings (SSSR count). The van der Waals surface area contributed by atoms with E-state index in [1.807, 2.05) is 21.0 Å². The number of rotatable bonds is 5. The van der Waals surface area contributed by atoms with Crippen LogP contribution in [0.2, 0.25) is 5.02 Å². The number of nitrogens with one attached hydrogen (secondary N) is 1. The average molecular weight is 410 g/mol. The lowest BCUT2D eigenvalue weighted by Gasteiger charge is -2.36. The van der Waals surface area contributed by atoms with Crippen LogP contribution in [0.4, 0.5) is 11.6 Å². The SMILES string of the molecule is CNc1nn2c(c1S(=O)(=O)c1cccc(Cl)c1)N=C(C)CC2(C)CN(C)C. The Kier molecular flexibility index (Phi) is 5.09. The van der Waals surface area contributed by atoms with Crippen LogP contribution in [0.25, 0.3) is 0 Å². The van der Waals surface area contributed by atoms with Crippen LogP contribution in [-0.4, -0.2) is 56.5 Å². The molecule has 146 valence electrons. The zero-order chi connectivity index (χ0) is 20.0. The highest BCUT2D eigenvalue weighted by molar-refractivity contribution is 7.91. The van der Waals surface area contributed by atoms with Crippen molar-refractivity contribution in [1.29, 1.82) is 0 Å². The Bertz CT molecular complexity index is 1010. The zero-order valence-electron chi connectivity index (χ0n) is 16.1. The third kappa shape index (κ3) is 3.49. The van der Waals surface area contributed by atoms with E-state index in [0.29, 0.717) is 23.8 Å². The number of hydrogen-bond acceptors (Lipinski definition) is 6. The third-order valence-electron chi connectivity index (χ3n) is 4.53. The first-order valence-corrected chi connectivity index (χ1v) is 10.5. The summed E-state index contributed by atoms with van der Waals surface area (Å²) in [6.07, 6.45) is 0.694. The predicted molar refractivity (Wildman–Crippen MR) is 108 cm³/mol. The van der Waals surface area contributed by atoms with E-state index in [9.17, 15) is 8.42 Å². The van der Waals surface area contributed by atoms with Gasteiger partial charge in [0, 0.05) is 30.7 Å². The van der Waals surface area contributed by atoms with E-state index in [0.717, 1.165) is 5.71 Å². The van der Waals surface area contributed by atoms with Crippen LogP contribution in [-0.2, 0) is 15.4 Å². The molecule has 7 nitrogen and oxygen atoms in total. The molecule has 1 aromatic heterocycles.